The van der Waals surface area contributed by atoms with Gasteiger partial charge < -0.3 is 0 Å². The number of hydrogen-bond donors (Lipinski definition) is 0. The lowest BCUT2D eigenvalue weighted by Crippen LogP contribution is -1.89. The summed E-state index contributed by atoms with van der Waals surface area (Å²) in [5, 5.41) is 0. The monoisotopic (exact) mass is 190 g/mol. The first-order chi connectivity index (χ1) is 7.45. The van der Waals surface area contributed by atoms with Gasteiger partial charge in [0.1, 0.15) is 0 Å². The van der Waals surface area contributed by atoms with Crippen molar-refractivity contribution in [2.24, 2.45) is 0 Å². The highest BCUT2D eigenvalue weighted by molar-refractivity contribution is 6.08. The summed E-state index contributed by atoms with van der Waals surface area (Å²) in [6, 6.07) is 8.70. The van der Waals surface area contributed by atoms with Crippen LogP contribution in [0.4, 0.5) is 0 Å². The van der Waals surface area contributed by atoms with Crippen LogP contribution in [-0.2, 0) is 0 Å². The molecule has 0 heterocycles. The third-order valence-electron chi connectivity index (χ3n) is 3.44. The maximum atomic E-state index is 2.28. The van der Waals surface area contributed by atoms with Crippen LogP contribution in [0.3, 0.4) is 0 Å². The third-order valence-corrected chi connectivity index (χ3v) is 3.44. The molecule has 0 unspecified atom stereocenters. The van der Waals surface area contributed by atoms with Gasteiger partial charge in [-0.15, -0.1) is 0 Å². The topological polar surface area (TPSA) is 0 Å². The van der Waals surface area contributed by atoms with Gasteiger partial charge in [0.05, 0.1) is 0 Å². The van der Waals surface area contributed by atoms with Crippen molar-refractivity contribution < 1.29 is 0 Å². The van der Waals surface area contributed by atoms with Gasteiger partial charge in [-0.1, -0.05) is 48.6 Å². The van der Waals surface area contributed by atoms with Crippen LogP contribution in [0.15, 0.2) is 59.7 Å². The molecule has 0 radical (unpaired) electrons. The van der Waals surface area contributed by atoms with Crippen molar-refractivity contribution in [1.29, 1.82) is 0 Å². The minimum Gasteiger partial charge on any atom is -0.0795 e. The first-order valence-electron chi connectivity index (χ1n) is 5.37. The Morgan fingerprint density at radius 1 is 0.933 bits per heavy atom. The van der Waals surface area contributed by atoms with Gasteiger partial charge in [0, 0.05) is 0 Å². The normalized spacial score (nSPS) is 20.0. The second kappa shape index (κ2) is 2.40. The minimum atomic E-state index is 1.09. The van der Waals surface area contributed by atoms with Crippen LogP contribution in [0.1, 0.15) is 17.5 Å². The van der Waals surface area contributed by atoms with Gasteiger partial charge in [0.2, 0.25) is 0 Å². The van der Waals surface area contributed by atoms with Gasteiger partial charge in [-0.05, 0) is 39.8 Å². The molecule has 15 heavy (non-hydrogen) atoms. The molecule has 0 amide bonds. The van der Waals surface area contributed by atoms with Gasteiger partial charge in [-0.2, -0.15) is 0 Å². The molecule has 4 rings (SSSR count). The second-order valence-electron chi connectivity index (χ2n) is 4.21. The Morgan fingerprint density at radius 3 is 2.73 bits per heavy atom. The molecule has 0 atom stereocenters. The molecule has 3 aliphatic rings. The molecule has 0 saturated carbocycles. The average Bonchev–Trinajstić information content (AvgIpc) is 2.85. The number of fused-ring (bicyclic) bond motifs is 3. The van der Waals surface area contributed by atoms with Crippen LogP contribution < -0.4 is 0 Å². The van der Waals surface area contributed by atoms with Crippen molar-refractivity contribution in [1.82, 2.24) is 0 Å². The summed E-state index contributed by atoms with van der Waals surface area (Å²) in [5.41, 5.74) is 8.63. The van der Waals surface area contributed by atoms with Gasteiger partial charge in [0.25, 0.3) is 0 Å². The van der Waals surface area contributed by atoms with Crippen molar-refractivity contribution in [3.8, 4) is 0 Å². The van der Waals surface area contributed by atoms with E-state index in [4.69, 9.17) is 0 Å². The van der Waals surface area contributed by atoms with E-state index in [0.717, 1.165) is 6.42 Å². The molecule has 0 aromatic heterocycles. The number of benzene rings is 1. The molecule has 0 N–H and O–H groups in total. The SMILES string of the molecule is C1=CC2=C3C(=CC=C3c3ccccc32)C1. The predicted molar refractivity (Wildman–Crippen MR) is 63.2 cm³/mol. The highest BCUT2D eigenvalue weighted by atomic mass is 14.3. The standard InChI is InChI=1S/C15H10/c1-2-6-12-11(5-1)13-7-3-4-10-8-9-14(12)15(10)13/h1-3,5-9H,4H2. The fourth-order valence-electron chi connectivity index (χ4n) is 2.80. The summed E-state index contributed by atoms with van der Waals surface area (Å²) in [4.78, 5) is 0. The molecule has 1 aromatic carbocycles. The van der Waals surface area contributed by atoms with E-state index in [1.165, 1.54) is 33.4 Å². The van der Waals surface area contributed by atoms with E-state index >= 15 is 0 Å². The van der Waals surface area contributed by atoms with Crippen LogP contribution in [0.25, 0.3) is 11.1 Å². The number of rotatable bonds is 0. The molecular weight excluding hydrogens is 180 g/mol. The first kappa shape index (κ1) is 7.47. The van der Waals surface area contributed by atoms with E-state index < -0.39 is 0 Å². The zero-order valence-electron chi connectivity index (χ0n) is 8.33. The summed E-state index contributed by atoms with van der Waals surface area (Å²) in [6.07, 6.45) is 10.2. The first-order valence-corrected chi connectivity index (χ1v) is 5.37. The van der Waals surface area contributed by atoms with Gasteiger partial charge in [-0.3, -0.25) is 0 Å². The Bertz CT molecular complexity index is 592. The molecule has 0 spiro atoms. The average molecular weight is 190 g/mol. The summed E-state index contributed by atoms with van der Waals surface area (Å²) < 4.78 is 0. The molecule has 3 aliphatic carbocycles. The van der Waals surface area contributed by atoms with Crippen LogP contribution in [0, 0.1) is 0 Å². The summed E-state index contributed by atoms with van der Waals surface area (Å²) in [6.45, 7) is 0. The van der Waals surface area contributed by atoms with Gasteiger partial charge in [0.15, 0.2) is 0 Å². The van der Waals surface area contributed by atoms with Crippen molar-refractivity contribution in [3.05, 3.63) is 70.8 Å². The minimum absolute atomic E-state index is 1.09. The van der Waals surface area contributed by atoms with Crippen molar-refractivity contribution >= 4 is 11.1 Å². The summed E-state index contributed by atoms with van der Waals surface area (Å²) in [5.74, 6) is 0. The van der Waals surface area contributed by atoms with Crippen LogP contribution in [0.2, 0.25) is 0 Å². The number of allylic oxidation sites excluding steroid dienone is 8. The van der Waals surface area contributed by atoms with Crippen molar-refractivity contribution in [2.45, 2.75) is 6.42 Å². The van der Waals surface area contributed by atoms with E-state index in [-0.39, 0.29) is 0 Å². The third kappa shape index (κ3) is 0.782. The molecule has 0 bridgehead atoms. The Balaban J connectivity index is 2.12. The summed E-state index contributed by atoms with van der Waals surface area (Å²) in [7, 11) is 0. The maximum Gasteiger partial charge on any atom is -0.00638 e. The molecule has 0 saturated heterocycles. The molecule has 0 fully saturated rings. The summed E-state index contributed by atoms with van der Waals surface area (Å²) >= 11 is 0. The van der Waals surface area contributed by atoms with Gasteiger partial charge in [-0.25, -0.2) is 0 Å². The van der Waals surface area contributed by atoms with Crippen molar-refractivity contribution in [2.75, 3.05) is 0 Å². The highest BCUT2D eigenvalue weighted by Crippen LogP contribution is 2.50. The smallest absolute Gasteiger partial charge is 0.00638 e. The van der Waals surface area contributed by atoms with Crippen molar-refractivity contribution in [3.63, 3.8) is 0 Å². The second-order valence-corrected chi connectivity index (χ2v) is 4.21. The number of hydrogen-bond acceptors (Lipinski definition) is 0. The zero-order chi connectivity index (χ0) is 9.83. The maximum absolute atomic E-state index is 2.28. The Labute approximate surface area is 88.9 Å². The largest absolute Gasteiger partial charge is 0.0795 e. The van der Waals surface area contributed by atoms with E-state index in [1.807, 2.05) is 0 Å². The Hall–Kier alpha value is -1.82. The molecular formula is C15H10. The molecule has 1 aromatic rings. The lowest BCUT2D eigenvalue weighted by Gasteiger charge is -2.10. The molecule has 0 nitrogen and oxygen atoms in total. The Morgan fingerprint density at radius 2 is 1.80 bits per heavy atom. The fourth-order valence-corrected chi connectivity index (χ4v) is 2.80. The van der Waals surface area contributed by atoms with E-state index in [9.17, 15) is 0 Å². The van der Waals surface area contributed by atoms with Gasteiger partial charge >= 0.3 is 0 Å². The van der Waals surface area contributed by atoms with Crippen LogP contribution >= 0.6 is 0 Å². The van der Waals surface area contributed by atoms with Crippen LogP contribution in [-0.4, -0.2) is 0 Å². The molecule has 0 heteroatoms. The fraction of sp³-hybridized carbons (Fsp3) is 0.0667. The quantitative estimate of drug-likeness (QED) is 0.584. The Kier molecular flexibility index (Phi) is 1.20. The van der Waals surface area contributed by atoms with E-state index in [0.29, 0.717) is 0 Å². The zero-order valence-corrected chi connectivity index (χ0v) is 8.33. The predicted octanol–water partition coefficient (Wildman–Crippen LogP) is 3.74. The van der Waals surface area contributed by atoms with E-state index in [2.05, 4.69) is 48.6 Å². The lowest BCUT2D eigenvalue weighted by molar-refractivity contribution is 1.25. The molecule has 0 aliphatic heterocycles. The molecule has 70 valence electrons. The van der Waals surface area contributed by atoms with E-state index in [1.54, 1.807) is 0 Å². The highest BCUT2D eigenvalue weighted by Gasteiger charge is 2.30. The van der Waals surface area contributed by atoms with Crippen LogP contribution in [0.5, 0.6) is 0 Å². The lowest BCUT2D eigenvalue weighted by atomic mass is 9.94.